The molecule has 0 unspecified atom stereocenters. The molecular weight excluding hydrogens is 222 g/mol. The minimum atomic E-state index is -1.26. The van der Waals surface area contributed by atoms with Gasteiger partial charge in [-0.2, -0.15) is 0 Å². The molecule has 78 valence electrons. The van der Waals surface area contributed by atoms with E-state index >= 15 is 0 Å². The first-order chi connectivity index (χ1) is 7.00. The Hall–Kier alpha value is -1.88. The Balaban J connectivity index is 3.18. The molecule has 0 saturated heterocycles. The summed E-state index contributed by atoms with van der Waals surface area (Å²) in [6.07, 6.45) is 0.609. The number of carbonyl (C=O) groups is 2. The summed E-state index contributed by atoms with van der Waals surface area (Å²) >= 11 is 5.62. The normalized spacial score (nSPS) is 10.5. The van der Waals surface area contributed by atoms with Crippen molar-refractivity contribution in [2.45, 2.75) is 0 Å². The molecule has 1 aromatic carbocycles. The van der Waals surface area contributed by atoms with E-state index in [4.69, 9.17) is 21.8 Å². The summed E-state index contributed by atoms with van der Waals surface area (Å²) in [6, 6.07) is 3.94. The van der Waals surface area contributed by atoms with Gasteiger partial charge in [0.05, 0.1) is 11.3 Å². The van der Waals surface area contributed by atoms with Gasteiger partial charge in [0, 0.05) is 5.02 Å². The van der Waals surface area contributed by atoms with Gasteiger partial charge in [-0.1, -0.05) is 11.6 Å². The number of benzene rings is 1. The Kier molecular flexibility index (Phi) is 3.41. The van der Waals surface area contributed by atoms with Gasteiger partial charge in [0.1, 0.15) is 6.21 Å². The summed E-state index contributed by atoms with van der Waals surface area (Å²) in [7, 11) is 0. The van der Waals surface area contributed by atoms with Gasteiger partial charge >= 0.3 is 11.9 Å². The number of aliphatic imine (C=N–C) groups is 1. The van der Waals surface area contributed by atoms with Crippen molar-refractivity contribution in [2.75, 3.05) is 0 Å². The molecule has 1 rings (SSSR count). The van der Waals surface area contributed by atoms with E-state index in [-0.39, 0.29) is 16.3 Å². The predicted molar refractivity (Wildman–Crippen MR) is 54.2 cm³/mol. The Morgan fingerprint density at radius 3 is 2.53 bits per heavy atom. The second-order valence-electron chi connectivity index (χ2n) is 2.56. The lowest BCUT2D eigenvalue weighted by molar-refractivity contribution is -0.128. The molecule has 0 saturated carbocycles. The maximum atomic E-state index is 10.7. The number of carboxylic acid groups (broad SMARTS) is 2. The smallest absolute Gasteiger partial charge is 0.346 e. The van der Waals surface area contributed by atoms with Crippen molar-refractivity contribution >= 4 is 35.4 Å². The van der Waals surface area contributed by atoms with Crippen LogP contribution in [0.15, 0.2) is 23.2 Å². The Labute approximate surface area is 89.6 Å². The number of nitrogens with zero attached hydrogens (tertiary/aromatic N) is 1. The van der Waals surface area contributed by atoms with Crippen LogP contribution in [0.2, 0.25) is 5.02 Å². The van der Waals surface area contributed by atoms with E-state index in [0.29, 0.717) is 6.21 Å². The standard InChI is InChI=1S/C9H6ClNO4/c10-5-1-2-6(9(14)15)7(3-5)11-4-8(12)13/h1-4H,(H,12,13)(H,14,15). The number of hydrogen-bond donors (Lipinski definition) is 2. The summed E-state index contributed by atoms with van der Waals surface area (Å²) < 4.78 is 0. The average Bonchev–Trinajstić information content (AvgIpc) is 2.14. The largest absolute Gasteiger partial charge is 0.478 e. The average molecular weight is 228 g/mol. The Morgan fingerprint density at radius 2 is 2.00 bits per heavy atom. The van der Waals surface area contributed by atoms with E-state index in [0.717, 1.165) is 0 Å². The molecule has 0 atom stereocenters. The summed E-state index contributed by atoms with van der Waals surface area (Å²) in [4.78, 5) is 24.4. The number of hydrogen-bond acceptors (Lipinski definition) is 3. The predicted octanol–water partition coefficient (Wildman–Crippen LogP) is 1.83. The molecule has 0 amide bonds. The van der Waals surface area contributed by atoms with Gasteiger partial charge in [0.25, 0.3) is 0 Å². The zero-order chi connectivity index (χ0) is 11.4. The monoisotopic (exact) mass is 227 g/mol. The summed E-state index contributed by atoms with van der Waals surface area (Å²) in [5, 5.41) is 17.4. The molecule has 0 radical (unpaired) electrons. The first kappa shape index (κ1) is 11.2. The van der Waals surface area contributed by atoms with Gasteiger partial charge in [-0.3, -0.25) is 0 Å². The highest BCUT2D eigenvalue weighted by atomic mass is 35.5. The molecule has 1 aromatic rings. The van der Waals surface area contributed by atoms with Gasteiger partial charge in [-0.15, -0.1) is 0 Å². The summed E-state index contributed by atoms with van der Waals surface area (Å²) in [5.41, 5.74) is -0.0886. The van der Waals surface area contributed by atoms with E-state index in [2.05, 4.69) is 4.99 Å². The number of aromatic carboxylic acids is 1. The SMILES string of the molecule is O=C(O)C=Nc1cc(Cl)ccc1C(=O)O. The molecule has 0 aliphatic heterocycles. The lowest BCUT2D eigenvalue weighted by atomic mass is 10.2. The van der Waals surface area contributed by atoms with Crippen LogP contribution in [0.5, 0.6) is 0 Å². The lowest BCUT2D eigenvalue weighted by Crippen LogP contribution is -1.98. The van der Waals surface area contributed by atoms with E-state index in [1.807, 2.05) is 0 Å². The lowest BCUT2D eigenvalue weighted by Gasteiger charge is -2.00. The molecule has 5 nitrogen and oxygen atoms in total. The molecule has 0 aromatic heterocycles. The van der Waals surface area contributed by atoms with Crippen molar-refractivity contribution in [3.05, 3.63) is 28.8 Å². The third kappa shape index (κ3) is 3.07. The zero-order valence-corrected chi connectivity index (χ0v) is 8.10. The summed E-state index contributed by atoms with van der Waals surface area (Å²) in [5.74, 6) is -2.45. The van der Waals surface area contributed by atoms with Crippen LogP contribution in [0.3, 0.4) is 0 Å². The van der Waals surface area contributed by atoms with Crippen molar-refractivity contribution in [3.8, 4) is 0 Å². The zero-order valence-electron chi connectivity index (χ0n) is 7.35. The van der Waals surface area contributed by atoms with Crippen LogP contribution in [-0.4, -0.2) is 28.4 Å². The van der Waals surface area contributed by atoms with Crippen LogP contribution < -0.4 is 0 Å². The maximum absolute atomic E-state index is 10.7. The number of carboxylic acids is 2. The van der Waals surface area contributed by atoms with Crippen LogP contribution in [-0.2, 0) is 4.79 Å². The summed E-state index contributed by atoms with van der Waals surface area (Å²) in [6.45, 7) is 0. The van der Waals surface area contributed by atoms with Crippen LogP contribution in [0.1, 0.15) is 10.4 Å². The highest BCUT2D eigenvalue weighted by Gasteiger charge is 2.09. The first-order valence-electron chi connectivity index (χ1n) is 3.80. The van der Waals surface area contributed by atoms with Crippen molar-refractivity contribution in [2.24, 2.45) is 4.99 Å². The molecule has 6 heteroatoms. The van der Waals surface area contributed by atoms with Gasteiger partial charge in [-0.25, -0.2) is 14.6 Å². The molecule has 0 heterocycles. The number of halogens is 1. The second-order valence-corrected chi connectivity index (χ2v) is 3.00. The Morgan fingerprint density at radius 1 is 1.33 bits per heavy atom. The quantitative estimate of drug-likeness (QED) is 0.771. The molecule has 15 heavy (non-hydrogen) atoms. The molecule has 0 bridgehead atoms. The second kappa shape index (κ2) is 4.56. The van der Waals surface area contributed by atoms with Crippen LogP contribution in [0.25, 0.3) is 0 Å². The minimum absolute atomic E-state index is 0.0115. The molecule has 0 spiro atoms. The van der Waals surface area contributed by atoms with E-state index in [1.165, 1.54) is 18.2 Å². The van der Waals surface area contributed by atoms with Crippen molar-refractivity contribution < 1.29 is 19.8 Å². The number of rotatable bonds is 3. The molecule has 2 N–H and O–H groups in total. The van der Waals surface area contributed by atoms with Gasteiger partial charge in [0.2, 0.25) is 0 Å². The molecular formula is C9H6ClNO4. The maximum Gasteiger partial charge on any atom is 0.346 e. The fraction of sp³-hybridized carbons (Fsp3) is 0. The number of aliphatic carboxylic acids is 1. The van der Waals surface area contributed by atoms with Crippen LogP contribution in [0, 0.1) is 0 Å². The highest BCUT2D eigenvalue weighted by molar-refractivity contribution is 6.31. The topological polar surface area (TPSA) is 87.0 Å². The van der Waals surface area contributed by atoms with E-state index < -0.39 is 11.9 Å². The fourth-order valence-electron chi connectivity index (χ4n) is 0.917. The molecule has 0 aliphatic rings. The molecule has 0 aliphatic carbocycles. The van der Waals surface area contributed by atoms with Crippen LogP contribution >= 0.6 is 11.6 Å². The van der Waals surface area contributed by atoms with Crippen molar-refractivity contribution in [1.29, 1.82) is 0 Å². The van der Waals surface area contributed by atoms with Crippen molar-refractivity contribution in [3.63, 3.8) is 0 Å². The highest BCUT2D eigenvalue weighted by Crippen LogP contribution is 2.23. The molecule has 0 fully saturated rings. The van der Waals surface area contributed by atoms with Gasteiger partial charge in [0.15, 0.2) is 0 Å². The fourth-order valence-corrected chi connectivity index (χ4v) is 1.08. The van der Waals surface area contributed by atoms with Gasteiger partial charge < -0.3 is 10.2 Å². The van der Waals surface area contributed by atoms with Crippen LogP contribution in [0.4, 0.5) is 5.69 Å². The third-order valence-electron chi connectivity index (χ3n) is 1.50. The minimum Gasteiger partial charge on any atom is -0.478 e. The Bertz CT molecular complexity index is 442. The first-order valence-corrected chi connectivity index (χ1v) is 4.18. The van der Waals surface area contributed by atoms with E-state index in [1.54, 1.807) is 0 Å². The van der Waals surface area contributed by atoms with Gasteiger partial charge in [-0.05, 0) is 18.2 Å². The van der Waals surface area contributed by atoms with E-state index in [9.17, 15) is 9.59 Å². The van der Waals surface area contributed by atoms with Crippen molar-refractivity contribution in [1.82, 2.24) is 0 Å². The third-order valence-corrected chi connectivity index (χ3v) is 1.74.